The summed E-state index contributed by atoms with van der Waals surface area (Å²) in [6.07, 6.45) is 2.32. The zero-order valence-corrected chi connectivity index (χ0v) is 12.8. The highest BCUT2D eigenvalue weighted by atomic mass is 79.9. The Bertz CT molecular complexity index is 572. The maximum absolute atomic E-state index is 10.9. The second kappa shape index (κ2) is 7.20. The van der Waals surface area contributed by atoms with E-state index in [1.54, 1.807) is 0 Å². The van der Waals surface area contributed by atoms with Crippen LogP contribution in [0.5, 0.6) is 0 Å². The maximum Gasteiger partial charge on any atom is 0.120 e. The summed E-state index contributed by atoms with van der Waals surface area (Å²) in [6, 6.07) is 18.3. The van der Waals surface area contributed by atoms with Crippen LogP contribution >= 0.6 is 15.9 Å². The number of rotatable bonds is 6. The molecule has 0 saturated carbocycles. The first-order valence-corrected chi connectivity index (χ1v) is 7.42. The summed E-state index contributed by atoms with van der Waals surface area (Å²) >= 11 is 3.43. The molecule has 2 rings (SSSR count). The van der Waals surface area contributed by atoms with Gasteiger partial charge in [0.05, 0.1) is 0 Å². The van der Waals surface area contributed by atoms with E-state index in [1.165, 1.54) is 5.56 Å². The van der Waals surface area contributed by atoms with Crippen LogP contribution in [-0.2, 0) is 4.79 Å². The van der Waals surface area contributed by atoms with Gasteiger partial charge in [0.15, 0.2) is 0 Å². The molecule has 20 heavy (non-hydrogen) atoms. The van der Waals surface area contributed by atoms with Crippen molar-refractivity contribution >= 4 is 27.8 Å². The molecule has 2 aromatic rings. The number of carbonyl (C=O) groups excluding carboxylic acids is 1. The summed E-state index contributed by atoms with van der Waals surface area (Å²) in [7, 11) is 0. The van der Waals surface area contributed by atoms with Gasteiger partial charge >= 0.3 is 0 Å². The third kappa shape index (κ3) is 3.91. The largest absolute Gasteiger partial charge is 0.303 e. The molecule has 0 aliphatic rings. The fourth-order valence-corrected chi connectivity index (χ4v) is 2.54. The van der Waals surface area contributed by atoms with E-state index >= 15 is 0 Å². The third-order valence-corrected chi connectivity index (χ3v) is 3.93. The van der Waals surface area contributed by atoms with Crippen LogP contribution in [0, 0.1) is 0 Å². The van der Waals surface area contributed by atoms with E-state index in [2.05, 4.69) is 46.8 Å². The van der Waals surface area contributed by atoms with Crippen molar-refractivity contribution in [2.75, 3.05) is 0 Å². The van der Waals surface area contributed by atoms with Crippen molar-refractivity contribution in [1.29, 1.82) is 0 Å². The van der Waals surface area contributed by atoms with Crippen LogP contribution < -0.4 is 0 Å². The van der Waals surface area contributed by atoms with Crippen LogP contribution in [0.15, 0.2) is 65.6 Å². The molecule has 0 amide bonds. The Kier molecular flexibility index (Phi) is 5.31. The molecule has 0 N–H and O–H groups in total. The van der Waals surface area contributed by atoms with Gasteiger partial charge in [-0.15, -0.1) is 0 Å². The van der Waals surface area contributed by atoms with Gasteiger partial charge in [-0.05, 0) is 41.2 Å². The SMILES string of the molecule is C=C(CC(CC=O)c1ccccc1)c1ccc(Br)cc1. The van der Waals surface area contributed by atoms with Gasteiger partial charge in [-0.2, -0.15) is 0 Å². The predicted molar refractivity (Wildman–Crippen MR) is 87.7 cm³/mol. The minimum Gasteiger partial charge on any atom is -0.303 e. The van der Waals surface area contributed by atoms with E-state index in [0.717, 1.165) is 28.3 Å². The lowest BCUT2D eigenvalue weighted by Gasteiger charge is -2.16. The molecular formula is C18H17BrO. The molecule has 2 heteroatoms. The van der Waals surface area contributed by atoms with E-state index in [0.29, 0.717) is 6.42 Å². The van der Waals surface area contributed by atoms with Crippen LogP contribution in [0.25, 0.3) is 5.57 Å². The average Bonchev–Trinajstić information content (AvgIpc) is 2.48. The van der Waals surface area contributed by atoms with Gasteiger partial charge in [0.2, 0.25) is 0 Å². The number of aldehydes is 1. The van der Waals surface area contributed by atoms with Gasteiger partial charge in [-0.3, -0.25) is 0 Å². The lowest BCUT2D eigenvalue weighted by atomic mass is 9.88. The van der Waals surface area contributed by atoms with Gasteiger partial charge in [0, 0.05) is 10.9 Å². The monoisotopic (exact) mass is 328 g/mol. The van der Waals surface area contributed by atoms with E-state index in [4.69, 9.17) is 0 Å². The van der Waals surface area contributed by atoms with Crippen LogP contribution in [0.1, 0.15) is 29.9 Å². The van der Waals surface area contributed by atoms with Crippen molar-refractivity contribution in [2.45, 2.75) is 18.8 Å². The van der Waals surface area contributed by atoms with Crippen molar-refractivity contribution in [3.8, 4) is 0 Å². The van der Waals surface area contributed by atoms with Crippen molar-refractivity contribution < 1.29 is 4.79 Å². The number of allylic oxidation sites excluding steroid dienone is 1. The molecule has 0 saturated heterocycles. The molecule has 1 nitrogen and oxygen atoms in total. The highest BCUT2D eigenvalue weighted by molar-refractivity contribution is 9.10. The highest BCUT2D eigenvalue weighted by Crippen LogP contribution is 2.30. The van der Waals surface area contributed by atoms with Crippen molar-refractivity contribution in [1.82, 2.24) is 0 Å². The second-order valence-corrected chi connectivity index (χ2v) is 5.74. The zero-order chi connectivity index (χ0) is 14.4. The second-order valence-electron chi connectivity index (χ2n) is 4.82. The Morgan fingerprint density at radius 1 is 1.10 bits per heavy atom. The Morgan fingerprint density at radius 3 is 2.35 bits per heavy atom. The molecule has 0 heterocycles. The van der Waals surface area contributed by atoms with Crippen LogP contribution in [-0.4, -0.2) is 6.29 Å². The van der Waals surface area contributed by atoms with E-state index in [-0.39, 0.29) is 5.92 Å². The number of carbonyl (C=O) groups is 1. The quantitative estimate of drug-likeness (QED) is 0.664. The standard InChI is InChI=1S/C18H17BrO/c1-14(15-7-9-18(19)10-8-15)13-17(11-12-20)16-5-3-2-4-6-16/h2-10,12,17H,1,11,13H2. The van der Waals surface area contributed by atoms with Crippen molar-refractivity contribution in [3.63, 3.8) is 0 Å². The molecule has 0 aromatic heterocycles. The Balaban J connectivity index is 2.14. The van der Waals surface area contributed by atoms with Crippen molar-refractivity contribution in [3.05, 3.63) is 76.8 Å². The molecule has 102 valence electrons. The molecule has 1 unspecified atom stereocenters. The summed E-state index contributed by atoms with van der Waals surface area (Å²) in [6.45, 7) is 4.17. The zero-order valence-electron chi connectivity index (χ0n) is 11.3. The summed E-state index contributed by atoms with van der Waals surface area (Å²) in [5.74, 6) is 0.199. The summed E-state index contributed by atoms with van der Waals surface area (Å²) < 4.78 is 1.06. The van der Waals surface area contributed by atoms with Gasteiger partial charge in [-0.1, -0.05) is 65.0 Å². The predicted octanol–water partition coefficient (Wildman–Crippen LogP) is 5.23. The Hall–Kier alpha value is -1.67. The molecule has 0 aliphatic carbocycles. The first-order valence-electron chi connectivity index (χ1n) is 6.63. The minimum atomic E-state index is 0.199. The number of benzene rings is 2. The van der Waals surface area contributed by atoms with Gasteiger partial charge in [0.25, 0.3) is 0 Å². The van der Waals surface area contributed by atoms with Gasteiger partial charge < -0.3 is 4.79 Å². The number of hydrogen-bond acceptors (Lipinski definition) is 1. The van der Waals surface area contributed by atoms with E-state index < -0.39 is 0 Å². The van der Waals surface area contributed by atoms with Crippen LogP contribution in [0.3, 0.4) is 0 Å². The molecule has 0 bridgehead atoms. The summed E-state index contributed by atoms with van der Waals surface area (Å²) in [4.78, 5) is 10.9. The first-order chi connectivity index (χ1) is 9.70. The van der Waals surface area contributed by atoms with Crippen LogP contribution in [0.4, 0.5) is 0 Å². The molecule has 1 atom stereocenters. The molecule has 0 spiro atoms. The third-order valence-electron chi connectivity index (χ3n) is 3.40. The molecular weight excluding hydrogens is 312 g/mol. The van der Waals surface area contributed by atoms with Crippen LogP contribution in [0.2, 0.25) is 0 Å². The first kappa shape index (κ1) is 14.7. The topological polar surface area (TPSA) is 17.1 Å². The normalized spacial score (nSPS) is 11.8. The fourth-order valence-electron chi connectivity index (χ4n) is 2.28. The Labute approximate surface area is 128 Å². The van der Waals surface area contributed by atoms with Crippen molar-refractivity contribution in [2.24, 2.45) is 0 Å². The minimum absolute atomic E-state index is 0.199. The summed E-state index contributed by atoms with van der Waals surface area (Å²) in [5.41, 5.74) is 3.38. The molecule has 0 aliphatic heterocycles. The van der Waals surface area contributed by atoms with Gasteiger partial charge in [0.1, 0.15) is 6.29 Å². The average molecular weight is 329 g/mol. The van der Waals surface area contributed by atoms with E-state index in [1.807, 2.05) is 30.3 Å². The maximum atomic E-state index is 10.9. The summed E-state index contributed by atoms with van der Waals surface area (Å²) in [5, 5.41) is 0. The molecule has 2 aromatic carbocycles. The van der Waals surface area contributed by atoms with Gasteiger partial charge in [-0.25, -0.2) is 0 Å². The molecule has 0 fully saturated rings. The molecule has 0 radical (unpaired) electrons. The smallest absolute Gasteiger partial charge is 0.120 e. The van der Waals surface area contributed by atoms with E-state index in [9.17, 15) is 4.79 Å². The Morgan fingerprint density at radius 2 is 1.75 bits per heavy atom. The lowest BCUT2D eigenvalue weighted by molar-refractivity contribution is -0.108. The highest BCUT2D eigenvalue weighted by Gasteiger charge is 2.13. The number of halogens is 1. The number of hydrogen-bond donors (Lipinski definition) is 0. The fraction of sp³-hybridized carbons (Fsp3) is 0.167. The lowest BCUT2D eigenvalue weighted by Crippen LogP contribution is -2.01.